The average Bonchev–Trinajstić information content (AvgIpc) is 2.29. The number of anilines is 2. The second-order valence-electron chi connectivity index (χ2n) is 3.49. The molecule has 0 heterocycles. The quantitative estimate of drug-likeness (QED) is 0.828. The number of aliphatic hydroxyl groups is 1. The Labute approximate surface area is 93.4 Å². The first-order valence-corrected chi connectivity index (χ1v) is 5.00. The van der Waals surface area contributed by atoms with Crippen LogP contribution in [-0.4, -0.2) is 5.11 Å². The number of rotatable bonds is 3. The maximum atomic E-state index is 12.9. The van der Waals surface area contributed by atoms with Crippen molar-refractivity contribution in [3.63, 3.8) is 0 Å². The van der Waals surface area contributed by atoms with Crippen molar-refractivity contribution in [1.82, 2.24) is 0 Å². The van der Waals surface area contributed by atoms with Crippen LogP contribution < -0.4 is 5.32 Å². The number of aliphatic hydroxyl groups excluding tert-OH is 1. The number of halogens is 1. The summed E-state index contributed by atoms with van der Waals surface area (Å²) in [5.41, 5.74) is 2.34. The van der Waals surface area contributed by atoms with Gasteiger partial charge in [0, 0.05) is 11.4 Å². The predicted octanol–water partition coefficient (Wildman–Crippen LogP) is 3.06. The number of nitrogens with one attached hydrogen (secondary N) is 1. The van der Waals surface area contributed by atoms with Crippen molar-refractivity contribution in [3.05, 3.63) is 59.9 Å². The van der Waals surface area contributed by atoms with E-state index < -0.39 is 0 Å². The summed E-state index contributed by atoms with van der Waals surface area (Å²) in [6, 6.07) is 13.6. The van der Waals surface area contributed by atoms with E-state index in [9.17, 15) is 4.39 Å². The highest BCUT2D eigenvalue weighted by atomic mass is 19.1. The summed E-state index contributed by atoms with van der Waals surface area (Å²) in [4.78, 5) is 0. The molecule has 16 heavy (non-hydrogen) atoms. The summed E-state index contributed by atoms with van der Waals surface area (Å²) < 4.78 is 12.9. The fraction of sp³-hybridized carbons (Fsp3) is 0.0769. The van der Waals surface area contributed by atoms with Gasteiger partial charge in [-0.15, -0.1) is 0 Å². The molecule has 0 spiro atoms. The fourth-order valence-corrected chi connectivity index (χ4v) is 1.48. The van der Waals surface area contributed by atoms with Crippen molar-refractivity contribution in [3.8, 4) is 0 Å². The molecule has 3 heteroatoms. The summed E-state index contributed by atoms with van der Waals surface area (Å²) in [6.45, 7) is -0.00132. The lowest BCUT2D eigenvalue weighted by Crippen LogP contribution is -1.92. The standard InChI is InChI=1S/C13H12FNO/c14-11-4-2-6-13(8-11)15-12-5-1-3-10(7-12)9-16/h1-8,15-16H,9H2. The molecular formula is C13H12FNO. The fourth-order valence-electron chi connectivity index (χ4n) is 1.48. The first-order valence-electron chi connectivity index (χ1n) is 5.00. The number of hydrogen-bond acceptors (Lipinski definition) is 2. The minimum Gasteiger partial charge on any atom is -0.392 e. The highest BCUT2D eigenvalue weighted by Gasteiger charge is 1.97. The third-order valence-corrected chi connectivity index (χ3v) is 2.22. The highest BCUT2D eigenvalue weighted by molar-refractivity contribution is 5.60. The van der Waals surface area contributed by atoms with Crippen LogP contribution in [0.5, 0.6) is 0 Å². The smallest absolute Gasteiger partial charge is 0.125 e. The van der Waals surface area contributed by atoms with E-state index in [0.717, 1.165) is 11.3 Å². The Balaban J connectivity index is 2.20. The van der Waals surface area contributed by atoms with E-state index in [1.165, 1.54) is 12.1 Å². The van der Waals surface area contributed by atoms with Crippen LogP contribution in [0.25, 0.3) is 0 Å². The molecule has 2 rings (SSSR count). The lowest BCUT2D eigenvalue weighted by atomic mass is 10.2. The van der Waals surface area contributed by atoms with Crippen LogP contribution in [0, 0.1) is 5.82 Å². The van der Waals surface area contributed by atoms with Gasteiger partial charge in [-0.1, -0.05) is 18.2 Å². The first kappa shape index (κ1) is 10.6. The topological polar surface area (TPSA) is 32.3 Å². The van der Waals surface area contributed by atoms with Gasteiger partial charge in [-0.2, -0.15) is 0 Å². The van der Waals surface area contributed by atoms with Crippen LogP contribution in [0.2, 0.25) is 0 Å². The molecule has 0 bridgehead atoms. The second kappa shape index (κ2) is 4.77. The van der Waals surface area contributed by atoms with Crippen molar-refractivity contribution in [2.45, 2.75) is 6.61 Å². The molecule has 0 saturated heterocycles. The van der Waals surface area contributed by atoms with Gasteiger partial charge in [0.15, 0.2) is 0 Å². The van der Waals surface area contributed by atoms with E-state index in [0.29, 0.717) is 5.69 Å². The maximum absolute atomic E-state index is 12.9. The van der Waals surface area contributed by atoms with Gasteiger partial charge in [0.2, 0.25) is 0 Å². The molecule has 0 aliphatic rings. The van der Waals surface area contributed by atoms with E-state index in [4.69, 9.17) is 5.11 Å². The third-order valence-electron chi connectivity index (χ3n) is 2.22. The zero-order chi connectivity index (χ0) is 11.4. The van der Waals surface area contributed by atoms with Crippen LogP contribution in [0.4, 0.5) is 15.8 Å². The second-order valence-corrected chi connectivity index (χ2v) is 3.49. The van der Waals surface area contributed by atoms with Crippen molar-refractivity contribution in [2.75, 3.05) is 5.32 Å². The predicted molar refractivity (Wildman–Crippen MR) is 62.0 cm³/mol. The first-order chi connectivity index (χ1) is 7.78. The van der Waals surface area contributed by atoms with Gasteiger partial charge < -0.3 is 10.4 Å². The number of hydrogen-bond donors (Lipinski definition) is 2. The Morgan fingerprint density at radius 2 is 1.69 bits per heavy atom. The summed E-state index contributed by atoms with van der Waals surface area (Å²) in [7, 11) is 0. The van der Waals surface area contributed by atoms with Crippen LogP contribution in [-0.2, 0) is 6.61 Å². The van der Waals surface area contributed by atoms with Crippen LogP contribution >= 0.6 is 0 Å². The summed E-state index contributed by atoms with van der Waals surface area (Å²) >= 11 is 0. The SMILES string of the molecule is OCc1cccc(Nc2cccc(F)c2)c1. The van der Waals surface area contributed by atoms with Gasteiger partial charge in [-0.25, -0.2) is 4.39 Å². The highest BCUT2D eigenvalue weighted by Crippen LogP contribution is 2.18. The Kier molecular flexibility index (Phi) is 3.17. The molecule has 2 aromatic carbocycles. The molecule has 0 atom stereocenters. The van der Waals surface area contributed by atoms with Gasteiger partial charge in [-0.3, -0.25) is 0 Å². The Hall–Kier alpha value is -1.87. The molecule has 2 N–H and O–H groups in total. The van der Waals surface area contributed by atoms with Gasteiger partial charge in [0.05, 0.1) is 6.61 Å². The minimum absolute atomic E-state index is 0.00132. The molecule has 0 aliphatic heterocycles. The molecular weight excluding hydrogens is 205 g/mol. The maximum Gasteiger partial charge on any atom is 0.125 e. The lowest BCUT2D eigenvalue weighted by molar-refractivity contribution is 0.282. The van der Waals surface area contributed by atoms with E-state index in [1.54, 1.807) is 12.1 Å². The van der Waals surface area contributed by atoms with Gasteiger partial charge in [-0.05, 0) is 35.9 Å². The molecule has 0 unspecified atom stereocenters. The zero-order valence-corrected chi connectivity index (χ0v) is 8.65. The van der Waals surface area contributed by atoms with Gasteiger partial charge in [0.1, 0.15) is 5.82 Å². The monoisotopic (exact) mass is 217 g/mol. The molecule has 0 saturated carbocycles. The molecule has 0 fully saturated rings. The number of benzene rings is 2. The van der Waals surface area contributed by atoms with Crippen molar-refractivity contribution < 1.29 is 9.50 Å². The normalized spacial score (nSPS) is 10.1. The van der Waals surface area contributed by atoms with Crippen molar-refractivity contribution in [1.29, 1.82) is 0 Å². The molecule has 0 amide bonds. The van der Waals surface area contributed by atoms with Crippen LogP contribution in [0.1, 0.15) is 5.56 Å². The average molecular weight is 217 g/mol. The summed E-state index contributed by atoms with van der Waals surface area (Å²) in [6.07, 6.45) is 0. The Bertz CT molecular complexity index is 485. The van der Waals surface area contributed by atoms with Gasteiger partial charge in [0.25, 0.3) is 0 Å². The molecule has 0 radical (unpaired) electrons. The molecule has 0 aliphatic carbocycles. The van der Waals surface area contributed by atoms with Gasteiger partial charge >= 0.3 is 0 Å². The zero-order valence-electron chi connectivity index (χ0n) is 8.65. The third kappa shape index (κ3) is 2.58. The molecule has 2 nitrogen and oxygen atoms in total. The van der Waals surface area contributed by atoms with E-state index in [1.807, 2.05) is 24.3 Å². The summed E-state index contributed by atoms with van der Waals surface area (Å²) in [5, 5.41) is 12.1. The van der Waals surface area contributed by atoms with Crippen LogP contribution in [0.3, 0.4) is 0 Å². The van der Waals surface area contributed by atoms with Crippen molar-refractivity contribution >= 4 is 11.4 Å². The minimum atomic E-state index is -0.275. The summed E-state index contributed by atoms with van der Waals surface area (Å²) in [5.74, 6) is -0.275. The lowest BCUT2D eigenvalue weighted by Gasteiger charge is -2.07. The van der Waals surface area contributed by atoms with E-state index >= 15 is 0 Å². The van der Waals surface area contributed by atoms with Crippen LogP contribution in [0.15, 0.2) is 48.5 Å². The molecule has 0 aromatic heterocycles. The van der Waals surface area contributed by atoms with E-state index in [2.05, 4.69) is 5.32 Å². The molecule has 82 valence electrons. The van der Waals surface area contributed by atoms with Crippen molar-refractivity contribution in [2.24, 2.45) is 0 Å². The molecule has 2 aromatic rings. The van der Waals surface area contributed by atoms with E-state index in [-0.39, 0.29) is 12.4 Å². The Morgan fingerprint density at radius 1 is 1.00 bits per heavy atom. The largest absolute Gasteiger partial charge is 0.392 e. The Morgan fingerprint density at radius 3 is 2.38 bits per heavy atom.